The lowest BCUT2D eigenvalue weighted by Gasteiger charge is -2.32. The van der Waals surface area contributed by atoms with Crippen molar-refractivity contribution in [2.75, 3.05) is 4.90 Å². The van der Waals surface area contributed by atoms with E-state index in [0.717, 1.165) is 5.69 Å². The molecule has 0 heterocycles. The van der Waals surface area contributed by atoms with Gasteiger partial charge in [-0.15, -0.1) is 5.54 Å². The first-order chi connectivity index (χ1) is 9.00. The maximum atomic E-state index is 10.9. The van der Waals surface area contributed by atoms with Gasteiger partial charge in [-0.05, 0) is 26.8 Å². The highest BCUT2D eigenvalue weighted by atomic mass is 28.3. The summed E-state index contributed by atoms with van der Waals surface area (Å²) in [5, 5.41) is 10.9. The lowest BCUT2D eigenvalue weighted by Crippen LogP contribution is -2.38. The number of benzene rings is 1. The van der Waals surface area contributed by atoms with Gasteiger partial charge in [0.05, 0.1) is 10.6 Å². The Balaban J connectivity index is 3.28. The van der Waals surface area contributed by atoms with Crippen molar-refractivity contribution in [2.45, 2.75) is 46.0 Å². The molecule has 0 bridgehead atoms. The van der Waals surface area contributed by atoms with Crippen LogP contribution in [-0.4, -0.2) is 18.5 Å². The summed E-state index contributed by atoms with van der Waals surface area (Å²) in [6, 6.07) is 9.83. The summed E-state index contributed by atoms with van der Waals surface area (Å²) in [4.78, 5) is 12.4. The molecule has 0 spiro atoms. The molecule has 0 aliphatic carbocycles. The lowest BCUT2D eigenvalue weighted by molar-refractivity contribution is -0.384. The molecule has 20 heavy (non-hydrogen) atoms. The minimum atomic E-state index is -1.50. The summed E-state index contributed by atoms with van der Waals surface area (Å²) in [6.07, 6.45) is 0. The second-order valence-corrected chi connectivity index (χ2v) is 11.5. The van der Waals surface area contributed by atoms with E-state index in [0.29, 0.717) is 0 Å². The van der Waals surface area contributed by atoms with Crippen molar-refractivity contribution in [3.63, 3.8) is 0 Å². The largest absolute Gasteiger partial charge is 0.296 e. The van der Waals surface area contributed by atoms with Gasteiger partial charge in [-0.25, -0.2) is 0 Å². The van der Waals surface area contributed by atoms with Crippen LogP contribution in [0.5, 0.6) is 0 Å². The van der Waals surface area contributed by atoms with Crippen LogP contribution < -0.4 is 4.90 Å². The maximum absolute atomic E-state index is 10.9. The number of hydrogen-bond acceptors (Lipinski definition) is 3. The highest BCUT2D eigenvalue weighted by Gasteiger charge is 2.22. The highest BCUT2D eigenvalue weighted by Crippen LogP contribution is 2.26. The van der Waals surface area contributed by atoms with E-state index in [9.17, 15) is 10.1 Å². The molecule has 0 aromatic heterocycles. The molecule has 1 aromatic carbocycles. The Morgan fingerprint density at radius 2 is 1.85 bits per heavy atom. The van der Waals surface area contributed by atoms with Crippen molar-refractivity contribution < 1.29 is 4.92 Å². The Hall–Kier alpha value is -1.80. The van der Waals surface area contributed by atoms with Crippen LogP contribution in [0.15, 0.2) is 24.3 Å². The summed E-state index contributed by atoms with van der Waals surface area (Å²) >= 11 is 0. The zero-order valence-corrected chi connectivity index (χ0v) is 14.0. The predicted octanol–water partition coefficient (Wildman–Crippen LogP) is 4.04. The van der Waals surface area contributed by atoms with Gasteiger partial charge in [0.2, 0.25) is 0 Å². The number of nitro benzene ring substituents is 1. The average Bonchev–Trinajstić information content (AvgIpc) is 2.26. The monoisotopic (exact) mass is 290 g/mol. The second kappa shape index (κ2) is 5.67. The smallest absolute Gasteiger partial charge is 0.271 e. The van der Waals surface area contributed by atoms with Crippen molar-refractivity contribution in [3.05, 3.63) is 34.4 Å². The van der Waals surface area contributed by atoms with E-state index in [1.54, 1.807) is 12.1 Å². The SMILES string of the molecule is CC(C)(C)N(C#C[Si](C)(C)C)c1cccc([N+](=O)[O-])c1. The van der Waals surface area contributed by atoms with Crippen molar-refractivity contribution >= 4 is 19.4 Å². The molecule has 0 unspecified atom stereocenters. The van der Waals surface area contributed by atoms with Crippen LogP contribution in [0, 0.1) is 21.7 Å². The fourth-order valence-corrected chi connectivity index (χ4v) is 2.04. The third-order valence-corrected chi connectivity index (χ3v) is 3.37. The molecule has 0 atom stereocenters. The summed E-state index contributed by atoms with van der Waals surface area (Å²) < 4.78 is 0. The van der Waals surface area contributed by atoms with Crippen molar-refractivity contribution in [1.29, 1.82) is 0 Å². The summed E-state index contributed by atoms with van der Waals surface area (Å²) in [7, 11) is -1.50. The fraction of sp³-hybridized carbons (Fsp3) is 0.467. The van der Waals surface area contributed by atoms with E-state index in [1.165, 1.54) is 6.07 Å². The summed E-state index contributed by atoms with van der Waals surface area (Å²) in [5.74, 6) is 0. The standard InChI is InChI=1S/C15H22N2O2Si/c1-15(2,3)16(10-11-20(4,5)6)13-8-7-9-14(12-13)17(18)19/h7-9,12H,1-6H3. The first-order valence-corrected chi connectivity index (χ1v) is 10.1. The zero-order valence-electron chi connectivity index (χ0n) is 13.0. The second-order valence-electron chi connectivity index (χ2n) is 6.77. The molecule has 0 amide bonds. The van der Waals surface area contributed by atoms with Crippen LogP contribution in [0.4, 0.5) is 11.4 Å². The molecule has 0 fully saturated rings. The minimum absolute atomic E-state index is 0.0894. The number of non-ortho nitro benzene ring substituents is 1. The molecule has 108 valence electrons. The minimum Gasteiger partial charge on any atom is -0.296 e. The lowest BCUT2D eigenvalue weighted by atomic mass is 10.1. The quantitative estimate of drug-likeness (QED) is 0.271. The van der Waals surface area contributed by atoms with E-state index in [-0.39, 0.29) is 16.1 Å². The van der Waals surface area contributed by atoms with Gasteiger partial charge in [-0.1, -0.05) is 25.7 Å². The Kier molecular flexibility index (Phi) is 4.61. The van der Waals surface area contributed by atoms with Gasteiger partial charge in [0.1, 0.15) is 8.07 Å². The number of hydrogen-bond donors (Lipinski definition) is 0. The van der Waals surface area contributed by atoms with Gasteiger partial charge in [0.15, 0.2) is 0 Å². The first-order valence-electron chi connectivity index (χ1n) is 6.58. The highest BCUT2D eigenvalue weighted by molar-refractivity contribution is 6.83. The number of nitro groups is 1. The van der Waals surface area contributed by atoms with Crippen LogP contribution >= 0.6 is 0 Å². The number of anilines is 1. The van der Waals surface area contributed by atoms with Gasteiger partial charge < -0.3 is 0 Å². The van der Waals surface area contributed by atoms with Gasteiger partial charge in [-0.3, -0.25) is 15.0 Å². The number of nitrogens with zero attached hydrogens (tertiary/aromatic N) is 2. The molecule has 0 aliphatic rings. The van der Waals surface area contributed by atoms with E-state index >= 15 is 0 Å². The molecule has 0 aliphatic heterocycles. The Bertz CT molecular complexity index is 560. The van der Waals surface area contributed by atoms with Gasteiger partial charge in [0, 0.05) is 23.7 Å². The number of rotatable bonds is 2. The molecule has 1 rings (SSSR count). The molecule has 0 N–H and O–H groups in total. The van der Waals surface area contributed by atoms with E-state index in [4.69, 9.17) is 0 Å². The van der Waals surface area contributed by atoms with Gasteiger partial charge >= 0.3 is 0 Å². The van der Waals surface area contributed by atoms with E-state index in [2.05, 4.69) is 31.2 Å². The third kappa shape index (κ3) is 4.70. The molecule has 0 saturated carbocycles. The zero-order chi connectivity index (χ0) is 15.6. The van der Waals surface area contributed by atoms with E-state index < -0.39 is 8.07 Å². The fourth-order valence-electron chi connectivity index (χ4n) is 1.59. The average molecular weight is 290 g/mol. The Morgan fingerprint density at radius 3 is 2.30 bits per heavy atom. The van der Waals surface area contributed by atoms with Crippen molar-refractivity contribution in [3.8, 4) is 11.6 Å². The van der Waals surface area contributed by atoms with Crippen LogP contribution in [-0.2, 0) is 0 Å². The molecular formula is C15H22N2O2Si. The van der Waals surface area contributed by atoms with Crippen molar-refractivity contribution in [1.82, 2.24) is 0 Å². The van der Waals surface area contributed by atoms with Crippen LogP contribution in [0.1, 0.15) is 20.8 Å². The Morgan fingerprint density at radius 1 is 1.25 bits per heavy atom. The first kappa shape index (κ1) is 16.3. The topological polar surface area (TPSA) is 46.4 Å². The van der Waals surface area contributed by atoms with Crippen LogP contribution in [0.2, 0.25) is 19.6 Å². The van der Waals surface area contributed by atoms with E-state index in [1.807, 2.05) is 31.7 Å². The van der Waals surface area contributed by atoms with Crippen LogP contribution in [0.3, 0.4) is 0 Å². The molecule has 0 saturated heterocycles. The summed E-state index contributed by atoms with van der Waals surface area (Å²) in [5.41, 5.74) is 3.95. The molecule has 0 radical (unpaired) electrons. The Labute approximate surface area is 122 Å². The molecular weight excluding hydrogens is 268 g/mol. The molecule has 1 aromatic rings. The van der Waals surface area contributed by atoms with Crippen LogP contribution in [0.25, 0.3) is 0 Å². The molecule has 5 heteroatoms. The normalized spacial score (nSPS) is 11.5. The third-order valence-electron chi connectivity index (χ3n) is 2.51. The van der Waals surface area contributed by atoms with Gasteiger partial charge in [0.25, 0.3) is 5.69 Å². The predicted molar refractivity (Wildman–Crippen MR) is 86.5 cm³/mol. The molecule has 4 nitrogen and oxygen atoms in total. The maximum Gasteiger partial charge on any atom is 0.271 e. The summed E-state index contributed by atoms with van der Waals surface area (Å²) in [6.45, 7) is 12.7. The van der Waals surface area contributed by atoms with Crippen molar-refractivity contribution in [2.24, 2.45) is 0 Å². The van der Waals surface area contributed by atoms with Gasteiger partial charge in [-0.2, -0.15) is 0 Å².